The first kappa shape index (κ1) is 14.1. The Morgan fingerprint density at radius 2 is 2.10 bits per heavy atom. The lowest BCUT2D eigenvalue weighted by atomic mass is 9.99. The Balaban J connectivity index is 2.02. The maximum absolute atomic E-state index is 12.0. The topological polar surface area (TPSA) is 98.7 Å². The minimum Gasteiger partial charge on any atom is -0.325 e. The van der Waals surface area contributed by atoms with Crippen molar-refractivity contribution >= 4 is 11.6 Å². The van der Waals surface area contributed by atoms with Gasteiger partial charge in [-0.05, 0) is 40.6 Å². The molecule has 0 radical (unpaired) electrons. The van der Waals surface area contributed by atoms with Crippen LogP contribution < -0.4 is 11.1 Å². The number of anilines is 1. The summed E-state index contributed by atoms with van der Waals surface area (Å²) in [6, 6.07) is 6.72. The highest BCUT2D eigenvalue weighted by Crippen LogP contribution is 2.13. The average Bonchev–Trinajstić information content (AvgIpc) is 3.00. The zero-order valence-electron chi connectivity index (χ0n) is 11.5. The first-order chi connectivity index (χ1) is 9.61. The molecule has 0 aliphatic carbocycles. The fraction of sp³-hybridized carbons (Fsp3) is 0.385. The fourth-order valence-corrected chi connectivity index (χ4v) is 1.72. The molecule has 0 fully saturated rings. The van der Waals surface area contributed by atoms with Crippen LogP contribution in [0.4, 0.5) is 5.69 Å². The lowest BCUT2D eigenvalue weighted by Crippen LogP contribution is -2.40. The van der Waals surface area contributed by atoms with Gasteiger partial charge in [-0.2, -0.15) is 0 Å². The third-order valence-electron chi connectivity index (χ3n) is 3.31. The third kappa shape index (κ3) is 3.18. The molecule has 7 heteroatoms. The Morgan fingerprint density at radius 1 is 1.40 bits per heavy atom. The van der Waals surface area contributed by atoms with Gasteiger partial charge in [0.25, 0.3) is 0 Å². The van der Waals surface area contributed by atoms with E-state index in [2.05, 4.69) is 20.8 Å². The van der Waals surface area contributed by atoms with Gasteiger partial charge in [-0.3, -0.25) is 4.79 Å². The quantitative estimate of drug-likeness (QED) is 0.846. The van der Waals surface area contributed by atoms with E-state index in [4.69, 9.17) is 5.73 Å². The summed E-state index contributed by atoms with van der Waals surface area (Å²) in [6.45, 7) is 3.98. The van der Waals surface area contributed by atoms with Crippen molar-refractivity contribution in [3.8, 4) is 5.69 Å². The van der Waals surface area contributed by atoms with E-state index in [1.54, 1.807) is 12.1 Å². The van der Waals surface area contributed by atoms with Crippen LogP contribution in [0.3, 0.4) is 0 Å². The lowest BCUT2D eigenvalue weighted by Gasteiger charge is -2.17. The monoisotopic (exact) mass is 274 g/mol. The van der Waals surface area contributed by atoms with E-state index in [9.17, 15) is 4.79 Å². The van der Waals surface area contributed by atoms with Crippen LogP contribution in [-0.2, 0) is 4.79 Å². The second kappa shape index (κ2) is 6.25. The Kier molecular flexibility index (Phi) is 4.41. The predicted molar refractivity (Wildman–Crippen MR) is 75.2 cm³/mol. The van der Waals surface area contributed by atoms with Crippen molar-refractivity contribution in [2.45, 2.75) is 26.3 Å². The van der Waals surface area contributed by atoms with Crippen LogP contribution in [0.2, 0.25) is 0 Å². The summed E-state index contributed by atoms with van der Waals surface area (Å²) >= 11 is 0. The van der Waals surface area contributed by atoms with Crippen LogP contribution in [0.5, 0.6) is 0 Å². The summed E-state index contributed by atoms with van der Waals surface area (Å²) in [5.41, 5.74) is 7.40. The molecule has 0 spiro atoms. The second-order valence-corrected chi connectivity index (χ2v) is 4.70. The highest BCUT2D eigenvalue weighted by Gasteiger charge is 2.19. The highest BCUT2D eigenvalue weighted by molar-refractivity contribution is 5.94. The molecule has 2 atom stereocenters. The number of nitrogens with zero attached hydrogens (tertiary/aromatic N) is 4. The van der Waals surface area contributed by atoms with Crippen LogP contribution >= 0.6 is 0 Å². The SMILES string of the molecule is CCC(C)C(N)C(=O)Nc1ccc(-n2cnnn2)cc1. The summed E-state index contributed by atoms with van der Waals surface area (Å²) in [5.74, 6) is -0.0231. The molecule has 106 valence electrons. The van der Waals surface area contributed by atoms with Crippen molar-refractivity contribution in [2.75, 3.05) is 5.32 Å². The number of amides is 1. The molecule has 2 aromatic rings. The van der Waals surface area contributed by atoms with Gasteiger partial charge >= 0.3 is 0 Å². The van der Waals surface area contributed by atoms with Crippen LogP contribution in [0.25, 0.3) is 5.69 Å². The largest absolute Gasteiger partial charge is 0.325 e. The van der Waals surface area contributed by atoms with Gasteiger partial charge in [-0.15, -0.1) is 5.10 Å². The molecule has 1 amide bonds. The Hall–Kier alpha value is -2.28. The fourth-order valence-electron chi connectivity index (χ4n) is 1.72. The molecule has 1 aromatic heterocycles. The smallest absolute Gasteiger partial charge is 0.241 e. The summed E-state index contributed by atoms with van der Waals surface area (Å²) in [7, 11) is 0. The van der Waals surface area contributed by atoms with Gasteiger partial charge < -0.3 is 11.1 Å². The first-order valence-corrected chi connectivity index (χ1v) is 6.51. The zero-order valence-corrected chi connectivity index (χ0v) is 11.5. The second-order valence-electron chi connectivity index (χ2n) is 4.70. The van der Waals surface area contributed by atoms with Crippen molar-refractivity contribution in [2.24, 2.45) is 11.7 Å². The van der Waals surface area contributed by atoms with Gasteiger partial charge in [-0.1, -0.05) is 20.3 Å². The van der Waals surface area contributed by atoms with Crippen molar-refractivity contribution in [1.29, 1.82) is 0 Å². The normalized spacial score (nSPS) is 13.8. The van der Waals surface area contributed by atoms with E-state index < -0.39 is 6.04 Å². The number of tetrazole rings is 1. The predicted octanol–water partition coefficient (Wildman–Crippen LogP) is 0.974. The summed E-state index contributed by atoms with van der Waals surface area (Å²) in [6.07, 6.45) is 2.37. The van der Waals surface area contributed by atoms with E-state index in [1.807, 2.05) is 26.0 Å². The molecule has 1 aromatic carbocycles. The van der Waals surface area contributed by atoms with Crippen LogP contribution in [0.15, 0.2) is 30.6 Å². The number of carbonyl (C=O) groups is 1. The van der Waals surface area contributed by atoms with Gasteiger partial charge in [0.1, 0.15) is 6.33 Å². The molecular weight excluding hydrogens is 256 g/mol. The first-order valence-electron chi connectivity index (χ1n) is 6.51. The molecule has 0 aliphatic heterocycles. The van der Waals surface area contributed by atoms with Crippen molar-refractivity contribution in [1.82, 2.24) is 20.2 Å². The van der Waals surface area contributed by atoms with Crippen LogP contribution in [-0.4, -0.2) is 32.2 Å². The van der Waals surface area contributed by atoms with Crippen molar-refractivity contribution in [3.05, 3.63) is 30.6 Å². The van der Waals surface area contributed by atoms with Crippen LogP contribution in [0.1, 0.15) is 20.3 Å². The number of aromatic nitrogens is 4. The molecule has 0 saturated heterocycles. The Morgan fingerprint density at radius 3 is 2.65 bits per heavy atom. The number of rotatable bonds is 5. The number of hydrogen-bond donors (Lipinski definition) is 2. The zero-order chi connectivity index (χ0) is 14.5. The van der Waals surface area contributed by atoms with Gasteiger partial charge in [0.05, 0.1) is 11.7 Å². The molecule has 3 N–H and O–H groups in total. The molecule has 0 bridgehead atoms. The lowest BCUT2D eigenvalue weighted by molar-refractivity contribution is -0.118. The van der Waals surface area contributed by atoms with E-state index >= 15 is 0 Å². The Bertz CT molecular complexity index is 551. The van der Waals surface area contributed by atoms with Gasteiger partial charge in [0.15, 0.2) is 0 Å². The molecule has 2 unspecified atom stereocenters. The molecule has 1 heterocycles. The maximum Gasteiger partial charge on any atom is 0.241 e. The molecule has 0 aliphatic rings. The standard InChI is InChI=1S/C13H18N6O/c1-3-9(2)12(14)13(20)16-10-4-6-11(7-5-10)19-8-15-17-18-19/h4-9,12H,3,14H2,1-2H3,(H,16,20). The van der Waals surface area contributed by atoms with Crippen molar-refractivity contribution < 1.29 is 4.79 Å². The van der Waals surface area contributed by atoms with Crippen LogP contribution in [0, 0.1) is 5.92 Å². The number of nitrogens with two attached hydrogens (primary N) is 1. The summed E-state index contributed by atoms with van der Waals surface area (Å²) < 4.78 is 1.54. The summed E-state index contributed by atoms with van der Waals surface area (Å²) in [5, 5.41) is 13.7. The molecule has 20 heavy (non-hydrogen) atoms. The van der Waals surface area contributed by atoms with E-state index in [0.717, 1.165) is 12.1 Å². The number of benzene rings is 1. The van der Waals surface area contributed by atoms with E-state index in [-0.39, 0.29) is 11.8 Å². The molecule has 0 saturated carbocycles. The summed E-state index contributed by atoms with van der Waals surface area (Å²) in [4.78, 5) is 12.0. The van der Waals surface area contributed by atoms with Crippen molar-refractivity contribution in [3.63, 3.8) is 0 Å². The molecule has 7 nitrogen and oxygen atoms in total. The highest BCUT2D eigenvalue weighted by atomic mass is 16.2. The third-order valence-corrected chi connectivity index (χ3v) is 3.31. The maximum atomic E-state index is 12.0. The number of hydrogen-bond acceptors (Lipinski definition) is 5. The number of carbonyl (C=O) groups excluding carboxylic acids is 1. The van der Waals surface area contributed by atoms with E-state index in [0.29, 0.717) is 5.69 Å². The Labute approximate surface area is 117 Å². The number of nitrogens with one attached hydrogen (secondary N) is 1. The average molecular weight is 274 g/mol. The molecular formula is C13H18N6O. The molecule has 2 rings (SSSR count). The van der Waals surface area contributed by atoms with E-state index in [1.165, 1.54) is 11.0 Å². The van der Waals surface area contributed by atoms with Gasteiger partial charge in [0, 0.05) is 5.69 Å². The minimum absolute atomic E-state index is 0.149. The van der Waals surface area contributed by atoms with Gasteiger partial charge in [-0.25, -0.2) is 4.68 Å². The van der Waals surface area contributed by atoms with Gasteiger partial charge in [0.2, 0.25) is 5.91 Å². The minimum atomic E-state index is -0.501.